The topological polar surface area (TPSA) is 66.4 Å². The van der Waals surface area contributed by atoms with E-state index < -0.39 is 5.97 Å². The summed E-state index contributed by atoms with van der Waals surface area (Å²) < 4.78 is 0. The van der Waals surface area contributed by atoms with Crippen LogP contribution in [0.25, 0.3) is 10.8 Å². The van der Waals surface area contributed by atoms with Gasteiger partial charge in [0.05, 0.1) is 5.56 Å². The fourth-order valence-corrected chi connectivity index (χ4v) is 4.28. The predicted molar refractivity (Wildman–Crippen MR) is 113 cm³/mol. The molecule has 0 bridgehead atoms. The van der Waals surface area contributed by atoms with Crippen LogP contribution in [0.1, 0.15) is 91.3 Å². The Hall–Kier alpha value is -2.36. The average Bonchev–Trinajstić information content (AvgIpc) is 2.69. The third-order valence-electron chi connectivity index (χ3n) is 5.82. The van der Waals surface area contributed by atoms with Crippen LogP contribution in [0.3, 0.4) is 0 Å². The maximum atomic E-state index is 13.1. The summed E-state index contributed by atoms with van der Waals surface area (Å²) in [6, 6.07) is 10.7. The molecule has 0 atom stereocenters. The summed E-state index contributed by atoms with van der Waals surface area (Å²) in [7, 11) is 0. The van der Waals surface area contributed by atoms with Crippen molar-refractivity contribution in [2.24, 2.45) is 0 Å². The minimum atomic E-state index is -1.00. The zero-order valence-corrected chi connectivity index (χ0v) is 16.6. The Labute approximate surface area is 167 Å². The Bertz CT molecular complexity index is 797. The van der Waals surface area contributed by atoms with Crippen molar-refractivity contribution in [2.75, 3.05) is 0 Å². The molecule has 1 saturated carbocycles. The van der Waals surface area contributed by atoms with Gasteiger partial charge < -0.3 is 10.4 Å². The van der Waals surface area contributed by atoms with Crippen molar-refractivity contribution >= 4 is 22.6 Å². The van der Waals surface area contributed by atoms with Crippen LogP contribution in [0.2, 0.25) is 0 Å². The van der Waals surface area contributed by atoms with E-state index in [1.165, 1.54) is 44.9 Å². The van der Waals surface area contributed by atoms with Gasteiger partial charge in [0.25, 0.3) is 5.91 Å². The molecule has 1 amide bonds. The molecule has 0 radical (unpaired) electrons. The summed E-state index contributed by atoms with van der Waals surface area (Å²) in [6.07, 6.45) is 13.3. The summed E-state index contributed by atoms with van der Waals surface area (Å²) in [5.74, 6) is -1.16. The Morgan fingerprint density at radius 3 is 1.79 bits per heavy atom. The largest absolute Gasteiger partial charge is 0.478 e. The molecule has 4 heteroatoms. The van der Waals surface area contributed by atoms with E-state index in [0.717, 1.165) is 31.1 Å². The lowest BCUT2D eigenvalue weighted by molar-refractivity contribution is 0.0699. The third kappa shape index (κ3) is 5.34. The molecule has 0 aromatic heterocycles. The van der Waals surface area contributed by atoms with Crippen molar-refractivity contribution in [3.63, 3.8) is 0 Å². The van der Waals surface area contributed by atoms with Gasteiger partial charge in [0, 0.05) is 17.0 Å². The molecule has 0 spiro atoms. The number of amides is 1. The van der Waals surface area contributed by atoms with E-state index in [-0.39, 0.29) is 17.5 Å². The average molecular weight is 382 g/mol. The summed E-state index contributed by atoms with van der Waals surface area (Å²) in [5.41, 5.74) is 0.642. The van der Waals surface area contributed by atoms with E-state index in [4.69, 9.17) is 0 Å². The maximum Gasteiger partial charge on any atom is 0.336 e. The lowest BCUT2D eigenvalue weighted by atomic mass is 9.96. The second-order valence-electron chi connectivity index (χ2n) is 7.94. The summed E-state index contributed by atoms with van der Waals surface area (Å²) in [5, 5.41) is 14.1. The smallest absolute Gasteiger partial charge is 0.336 e. The molecule has 0 unspecified atom stereocenters. The number of carboxylic acids is 1. The van der Waals surface area contributed by atoms with E-state index in [1.54, 1.807) is 18.2 Å². The molecule has 0 saturated heterocycles. The number of hydrogen-bond donors (Lipinski definition) is 2. The van der Waals surface area contributed by atoms with Crippen LogP contribution in [0, 0.1) is 0 Å². The Morgan fingerprint density at radius 2 is 1.25 bits per heavy atom. The number of hydrogen-bond acceptors (Lipinski definition) is 2. The molecule has 2 N–H and O–H groups in total. The van der Waals surface area contributed by atoms with Gasteiger partial charge in [-0.3, -0.25) is 4.79 Å². The molecule has 0 heterocycles. The highest BCUT2D eigenvalue weighted by Gasteiger charge is 2.19. The van der Waals surface area contributed by atoms with Gasteiger partial charge in [-0.25, -0.2) is 4.79 Å². The van der Waals surface area contributed by atoms with E-state index in [0.29, 0.717) is 10.9 Å². The third-order valence-corrected chi connectivity index (χ3v) is 5.82. The number of benzene rings is 2. The SMILES string of the molecule is O=C(O)c1cccc2cccc(C(=O)NC3CCCCCCCCCCC3)c12. The van der Waals surface area contributed by atoms with E-state index >= 15 is 0 Å². The number of carbonyl (C=O) groups excluding carboxylic acids is 1. The second kappa shape index (κ2) is 10.3. The molecule has 3 rings (SSSR count). The first-order valence-electron chi connectivity index (χ1n) is 10.7. The van der Waals surface area contributed by atoms with E-state index in [2.05, 4.69) is 5.32 Å². The fraction of sp³-hybridized carbons (Fsp3) is 0.500. The van der Waals surface area contributed by atoms with Crippen LogP contribution in [-0.2, 0) is 0 Å². The molecule has 0 aliphatic heterocycles. The predicted octanol–water partition coefficient (Wildman–Crippen LogP) is 5.94. The van der Waals surface area contributed by atoms with Gasteiger partial charge >= 0.3 is 5.97 Å². The first-order valence-corrected chi connectivity index (χ1v) is 10.7. The molecule has 2 aromatic carbocycles. The second-order valence-corrected chi connectivity index (χ2v) is 7.94. The van der Waals surface area contributed by atoms with Gasteiger partial charge in [-0.05, 0) is 30.4 Å². The minimum absolute atomic E-state index is 0.156. The van der Waals surface area contributed by atoms with Crippen molar-refractivity contribution in [3.8, 4) is 0 Å². The Kier molecular flexibility index (Phi) is 7.46. The monoisotopic (exact) mass is 381 g/mol. The minimum Gasteiger partial charge on any atom is -0.478 e. The van der Waals surface area contributed by atoms with Crippen molar-refractivity contribution in [1.82, 2.24) is 5.32 Å². The standard InChI is InChI=1S/C24H31NO3/c26-23(25-19-14-8-6-4-2-1-3-5-7-9-15-19)20-16-10-12-18-13-11-17-21(22(18)20)24(27)28/h10-13,16-17,19H,1-9,14-15H2,(H,25,26)(H,27,28). The van der Waals surface area contributed by atoms with Crippen molar-refractivity contribution in [1.29, 1.82) is 0 Å². The molecule has 1 aliphatic carbocycles. The van der Waals surface area contributed by atoms with E-state index in [1.807, 2.05) is 18.2 Å². The van der Waals surface area contributed by atoms with Gasteiger partial charge in [-0.2, -0.15) is 0 Å². The van der Waals surface area contributed by atoms with Crippen LogP contribution in [0.15, 0.2) is 36.4 Å². The van der Waals surface area contributed by atoms with Gasteiger partial charge in [0.2, 0.25) is 0 Å². The van der Waals surface area contributed by atoms with Gasteiger partial charge in [0.1, 0.15) is 0 Å². The van der Waals surface area contributed by atoms with Crippen LogP contribution in [0.5, 0.6) is 0 Å². The van der Waals surface area contributed by atoms with Gasteiger partial charge in [0.15, 0.2) is 0 Å². The summed E-state index contributed by atoms with van der Waals surface area (Å²) in [6.45, 7) is 0. The lowest BCUT2D eigenvalue weighted by Crippen LogP contribution is -2.35. The maximum absolute atomic E-state index is 13.1. The molecule has 2 aromatic rings. The number of nitrogens with one attached hydrogen (secondary N) is 1. The van der Waals surface area contributed by atoms with Crippen LogP contribution in [-0.4, -0.2) is 23.0 Å². The Morgan fingerprint density at radius 1 is 0.750 bits per heavy atom. The molecule has 1 fully saturated rings. The zero-order valence-electron chi connectivity index (χ0n) is 16.6. The quantitative estimate of drug-likeness (QED) is 0.691. The molecule has 4 nitrogen and oxygen atoms in total. The number of carboxylic acid groups (broad SMARTS) is 1. The van der Waals surface area contributed by atoms with Gasteiger partial charge in [-0.1, -0.05) is 82.1 Å². The highest BCUT2D eigenvalue weighted by atomic mass is 16.4. The van der Waals surface area contributed by atoms with Crippen molar-refractivity contribution < 1.29 is 14.7 Å². The van der Waals surface area contributed by atoms with Crippen LogP contribution >= 0.6 is 0 Å². The van der Waals surface area contributed by atoms with Crippen molar-refractivity contribution in [2.45, 2.75) is 76.7 Å². The summed E-state index contributed by atoms with van der Waals surface area (Å²) >= 11 is 0. The van der Waals surface area contributed by atoms with E-state index in [9.17, 15) is 14.7 Å². The first kappa shape index (κ1) is 20.4. The highest BCUT2D eigenvalue weighted by Crippen LogP contribution is 2.24. The number of aromatic carboxylic acids is 1. The van der Waals surface area contributed by atoms with Crippen LogP contribution in [0.4, 0.5) is 0 Å². The van der Waals surface area contributed by atoms with Crippen molar-refractivity contribution in [3.05, 3.63) is 47.5 Å². The Balaban J connectivity index is 1.78. The lowest BCUT2D eigenvalue weighted by Gasteiger charge is -2.20. The molecule has 28 heavy (non-hydrogen) atoms. The van der Waals surface area contributed by atoms with Gasteiger partial charge in [-0.15, -0.1) is 0 Å². The number of carbonyl (C=O) groups is 2. The number of fused-ring (bicyclic) bond motifs is 1. The molecule has 150 valence electrons. The first-order chi connectivity index (χ1) is 13.7. The molecular formula is C24H31NO3. The summed E-state index contributed by atoms with van der Waals surface area (Å²) in [4.78, 5) is 24.7. The highest BCUT2D eigenvalue weighted by molar-refractivity contribution is 6.14. The normalized spacial score (nSPS) is 17.4. The van der Waals surface area contributed by atoms with Crippen LogP contribution < -0.4 is 5.32 Å². The zero-order chi connectivity index (χ0) is 19.8. The molecular weight excluding hydrogens is 350 g/mol. The fourth-order valence-electron chi connectivity index (χ4n) is 4.28. The molecule has 1 aliphatic rings. The number of rotatable bonds is 3.